The molecule has 0 aliphatic heterocycles. The van der Waals surface area contributed by atoms with Crippen molar-refractivity contribution in [3.63, 3.8) is 0 Å². The summed E-state index contributed by atoms with van der Waals surface area (Å²) < 4.78 is 10.9. The van der Waals surface area contributed by atoms with Gasteiger partial charge in [-0.05, 0) is 60.2 Å². The molecule has 0 spiro atoms. The summed E-state index contributed by atoms with van der Waals surface area (Å²) in [4.78, 5) is 17.9. The molecule has 10 rings (SSSR count). The zero-order chi connectivity index (χ0) is 29.5. The van der Waals surface area contributed by atoms with Crippen LogP contribution in [0.25, 0.3) is 88.1 Å². The van der Waals surface area contributed by atoms with E-state index in [0.29, 0.717) is 0 Å². The second kappa shape index (κ2) is 9.08. The van der Waals surface area contributed by atoms with Gasteiger partial charge in [-0.25, -0.2) is 0 Å². The van der Waals surface area contributed by atoms with Gasteiger partial charge in [0, 0.05) is 87.5 Å². The number of hydrogen-bond acceptors (Lipinski definition) is 5. The second-order valence-electron chi connectivity index (χ2n) is 11.2. The van der Waals surface area contributed by atoms with Gasteiger partial charge in [0.15, 0.2) is 0 Å². The molecule has 7 aromatic heterocycles. The highest BCUT2D eigenvalue weighted by Crippen LogP contribution is 2.43. The van der Waals surface area contributed by atoms with E-state index in [9.17, 15) is 0 Å². The van der Waals surface area contributed by atoms with Gasteiger partial charge in [-0.15, -0.1) is 0 Å². The van der Waals surface area contributed by atoms with Gasteiger partial charge in [0.2, 0.25) is 0 Å². The molecule has 0 fully saturated rings. The van der Waals surface area contributed by atoms with Crippen LogP contribution in [0.4, 0.5) is 0 Å². The molecule has 7 nitrogen and oxygen atoms in total. The zero-order valence-electron chi connectivity index (χ0n) is 23.8. The first-order valence-electron chi connectivity index (χ1n) is 14.8. The van der Waals surface area contributed by atoms with Gasteiger partial charge in [-0.2, -0.15) is 0 Å². The van der Waals surface area contributed by atoms with Crippen LogP contribution in [0.2, 0.25) is 0 Å². The Bertz CT molecular complexity index is 2550. The third-order valence-electron chi connectivity index (χ3n) is 8.90. The highest BCUT2D eigenvalue weighted by molar-refractivity contribution is 6.12. The third kappa shape index (κ3) is 3.34. The molecule has 7 heteroatoms. The van der Waals surface area contributed by atoms with E-state index in [4.69, 9.17) is 4.42 Å². The fraction of sp³-hybridized carbons (Fsp3) is 0. The average Bonchev–Trinajstić information content (AvgIpc) is 3.75. The summed E-state index contributed by atoms with van der Waals surface area (Å²) in [7, 11) is 0. The Morgan fingerprint density at radius 3 is 1.44 bits per heavy atom. The second-order valence-corrected chi connectivity index (χ2v) is 11.2. The first-order chi connectivity index (χ1) is 22.3. The van der Waals surface area contributed by atoms with Crippen molar-refractivity contribution in [2.24, 2.45) is 0 Å². The number of hydrogen-bond donors (Lipinski definition) is 0. The van der Waals surface area contributed by atoms with Gasteiger partial charge in [0.25, 0.3) is 0 Å². The predicted molar refractivity (Wildman–Crippen MR) is 179 cm³/mol. The summed E-state index contributed by atoms with van der Waals surface area (Å²) >= 11 is 0. The smallest absolute Gasteiger partial charge is 0.135 e. The van der Waals surface area contributed by atoms with Crippen LogP contribution < -0.4 is 0 Å². The minimum absolute atomic E-state index is 0.863. The van der Waals surface area contributed by atoms with E-state index in [0.717, 1.165) is 88.1 Å². The lowest BCUT2D eigenvalue weighted by Gasteiger charge is -2.20. The van der Waals surface area contributed by atoms with Crippen LogP contribution >= 0.6 is 0 Å². The van der Waals surface area contributed by atoms with E-state index in [1.54, 1.807) is 0 Å². The standard InChI is InChI=1S/C38H22N6O/c1-2-7-36-24(4-1)25-18-23(8-9-37(25)45-36)38-34(43-30-10-14-39-19-26(30)27-20-40-15-11-31(27)43)5-3-6-35(38)44-32-12-16-41-21-28(32)29-22-42-17-13-33(29)44/h1-22H. The fourth-order valence-corrected chi connectivity index (χ4v) is 7.02. The Hall–Kier alpha value is -6.34. The van der Waals surface area contributed by atoms with Crippen molar-refractivity contribution in [2.45, 2.75) is 0 Å². The van der Waals surface area contributed by atoms with Crippen molar-refractivity contribution >= 4 is 65.6 Å². The fourth-order valence-electron chi connectivity index (χ4n) is 7.02. The third-order valence-corrected chi connectivity index (χ3v) is 8.90. The van der Waals surface area contributed by atoms with Gasteiger partial charge in [0.1, 0.15) is 11.2 Å². The van der Waals surface area contributed by atoms with Crippen molar-refractivity contribution < 1.29 is 4.42 Å². The largest absolute Gasteiger partial charge is 0.456 e. The van der Waals surface area contributed by atoms with Crippen molar-refractivity contribution in [3.05, 3.63) is 135 Å². The van der Waals surface area contributed by atoms with Gasteiger partial charge in [-0.3, -0.25) is 19.9 Å². The Balaban J connectivity index is 1.39. The van der Waals surface area contributed by atoms with Crippen molar-refractivity contribution in [1.82, 2.24) is 29.1 Å². The quantitative estimate of drug-likeness (QED) is 0.209. The molecular formula is C38H22N6O. The maximum Gasteiger partial charge on any atom is 0.135 e. The van der Waals surface area contributed by atoms with Gasteiger partial charge < -0.3 is 13.6 Å². The van der Waals surface area contributed by atoms with Crippen molar-refractivity contribution in [2.75, 3.05) is 0 Å². The number of nitrogens with zero attached hydrogens (tertiary/aromatic N) is 6. The van der Waals surface area contributed by atoms with Crippen LogP contribution in [-0.4, -0.2) is 29.1 Å². The Labute approximate surface area is 255 Å². The van der Waals surface area contributed by atoms with E-state index in [1.165, 1.54) is 0 Å². The summed E-state index contributed by atoms with van der Waals surface area (Å²) in [5.74, 6) is 0. The molecule has 0 bridgehead atoms. The monoisotopic (exact) mass is 578 g/mol. The number of rotatable bonds is 3. The zero-order valence-corrected chi connectivity index (χ0v) is 23.8. The molecule has 0 aliphatic rings. The Morgan fingerprint density at radius 2 is 0.911 bits per heavy atom. The number of pyridine rings is 4. The van der Waals surface area contributed by atoms with E-state index in [2.05, 4.69) is 102 Å². The van der Waals surface area contributed by atoms with Crippen LogP contribution in [-0.2, 0) is 0 Å². The molecule has 3 aromatic carbocycles. The lowest BCUT2D eigenvalue weighted by molar-refractivity contribution is 0.669. The van der Waals surface area contributed by atoms with Gasteiger partial charge in [0.05, 0.1) is 33.4 Å². The molecule has 45 heavy (non-hydrogen) atoms. The molecule has 0 aliphatic carbocycles. The predicted octanol–water partition coefficient (Wildman–Crippen LogP) is 9.03. The normalized spacial score (nSPS) is 12.0. The van der Waals surface area contributed by atoms with Crippen molar-refractivity contribution in [1.29, 1.82) is 0 Å². The summed E-state index contributed by atoms with van der Waals surface area (Å²) in [6, 6.07) is 29.6. The Kier molecular flexibility index (Phi) is 4.87. The molecule has 0 N–H and O–H groups in total. The molecule has 10 aromatic rings. The molecule has 0 saturated carbocycles. The number of para-hydroxylation sites is 1. The summed E-state index contributed by atoms with van der Waals surface area (Å²) in [5.41, 5.74) is 10.3. The van der Waals surface area contributed by atoms with Crippen LogP contribution in [0.15, 0.2) is 139 Å². The summed E-state index contributed by atoms with van der Waals surface area (Å²) in [6.45, 7) is 0. The molecule has 0 unspecified atom stereocenters. The molecule has 0 atom stereocenters. The molecule has 7 heterocycles. The summed E-state index contributed by atoms with van der Waals surface area (Å²) in [5, 5.41) is 6.40. The first-order valence-corrected chi connectivity index (χ1v) is 14.8. The highest BCUT2D eigenvalue weighted by Gasteiger charge is 2.22. The van der Waals surface area contributed by atoms with E-state index >= 15 is 0 Å². The molecule has 210 valence electrons. The molecule has 0 amide bonds. The SMILES string of the molecule is c1cc(-n2c3ccncc3c3cnccc32)c(-c2ccc3oc4ccccc4c3c2)c(-n2c3ccncc3c3cnccc32)c1. The summed E-state index contributed by atoms with van der Waals surface area (Å²) in [6.07, 6.45) is 15.1. The van der Waals surface area contributed by atoms with Crippen LogP contribution in [0.3, 0.4) is 0 Å². The van der Waals surface area contributed by atoms with Crippen LogP contribution in [0.5, 0.6) is 0 Å². The highest BCUT2D eigenvalue weighted by atomic mass is 16.3. The average molecular weight is 579 g/mol. The topological polar surface area (TPSA) is 74.6 Å². The minimum Gasteiger partial charge on any atom is -0.456 e. The number of benzene rings is 3. The lowest BCUT2D eigenvalue weighted by atomic mass is 9.98. The van der Waals surface area contributed by atoms with Gasteiger partial charge >= 0.3 is 0 Å². The molecule has 0 saturated heterocycles. The van der Waals surface area contributed by atoms with E-state index < -0.39 is 0 Å². The van der Waals surface area contributed by atoms with Crippen LogP contribution in [0, 0.1) is 0 Å². The number of aromatic nitrogens is 6. The minimum atomic E-state index is 0.863. The first kappa shape index (κ1) is 24.1. The number of fused-ring (bicyclic) bond motifs is 9. The number of furan rings is 1. The van der Waals surface area contributed by atoms with Crippen molar-refractivity contribution in [3.8, 4) is 22.5 Å². The Morgan fingerprint density at radius 1 is 0.422 bits per heavy atom. The maximum absolute atomic E-state index is 6.24. The van der Waals surface area contributed by atoms with Crippen LogP contribution in [0.1, 0.15) is 0 Å². The molecule has 0 radical (unpaired) electrons. The van der Waals surface area contributed by atoms with Gasteiger partial charge in [-0.1, -0.05) is 30.3 Å². The molecular weight excluding hydrogens is 556 g/mol. The van der Waals surface area contributed by atoms with E-state index in [1.807, 2.05) is 61.7 Å². The maximum atomic E-state index is 6.24. The lowest BCUT2D eigenvalue weighted by Crippen LogP contribution is -2.03. The van der Waals surface area contributed by atoms with E-state index in [-0.39, 0.29) is 0 Å².